The lowest BCUT2D eigenvalue weighted by Crippen LogP contribution is -2.23. The summed E-state index contributed by atoms with van der Waals surface area (Å²) in [6.07, 6.45) is 2.90. The number of amides is 1. The Bertz CT molecular complexity index is 831. The minimum atomic E-state index is -0.519. The highest BCUT2D eigenvalue weighted by Gasteiger charge is 2.21. The first kappa shape index (κ1) is 16.6. The van der Waals surface area contributed by atoms with Gasteiger partial charge in [-0.25, -0.2) is 0 Å². The van der Waals surface area contributed by atoms with Gasteiger partial charge in [-0.05, 0) is 30.2 Å². The van der Waals surface area contributed by atoms with Gasteiger partial charge in [-0.2, -0.15) is 0 Å². The number of nitro groups is 1. The Morgan fingerprint density at radius 3 is 2.64 bits per heavy atom. The summed E-state index contributed by atoms with van der Waals surface area (Å²) in [5.41, 5.74) is 2.02. The molecule has 1 aliphatic rings. The second-order valence-corrected chi connectivity index (χ2v) is 5.79. The molecule has 1 amide bonds. The van der Waals surface area contributed by atoms with Crippen LogP contribution in [0.5, 0.6) is 5.75 Å². The molecule has 0 aromatic heterocycles. The highest BCUT2D eigenvalue weighted by atomic mass is 16.6. The number of aliphatic imine (C=N–C) groups is 1. The summed E-state index contributed by atoms with van der Waals surface area (Å²) in [6.45, 7) is 1.12. The molecule has 0 saturated carbocycles. The van der Waals surface area contributed by atoms with E-state index < -0.39 is 4.92 Å². The number of carbonyl (C=O) groups is 1. The van der Waals surface area contributed by atoms with Gasteiger partial charge < -0.3 is 10.0 Å². The normalized spacial score (nSPS) is 14.4. The third kappa shape index (κ3) is 3.82. The summed E-state index contributed by atoms with van der Waals surface area (Å²) >= 11 is 0. The van der Waals surface area contributed by atoms with Crippen molar-refractivity contribution in [1.82, 2.24) is 0 Å². The number of rotatable bonds is 5. The first-order chi connectivity index (χ1) is 12.0. The zero-order valence-corrected chi connectivity index (χ0v) is 13.5. The molecule has 7 nitrogen and oxygen atoms in total. The van der Waals surface area contributed by atoms with E-state index in [2.05, 4.69) is 4.99 Å². The van der Waals surface area contributed by atoms with Gasteiger partial charge in [0.15, 0.2) is 0 Å². The summed E-state index contributed by atoms with van der Waals surface area (Å²) in [7, 11) is 0. The Morgan fingerprint density at radius 1 is 1.24 bits per heavy atom. The van der Waals surface area contributed by atoms with Crippen molar-refractivity contribution in [2.75, 3.05) is 11.4 Å². The fraction of sp³-hybridized carbons (Fsp3) is 0.222. The number of nitro benzene ring substituents is 1. The maximum Gasteiger partial charge on any atom is 0.270 e. The van der Waals surface area contributed by atoms with Gasteiger partial charge in [0.05, 0.1) is 11.5 Å². The van der Waals surface area contributed by atoms with Gasteiger partial charge in [-0.15, -0.1) is 0 Å². The van der Waals surface area contributed by atoms with Crippen molar-refractivity contribution in [1.29, 1.82) is 0 Å². The van der Waals surface area contributed by atoms with Crippen molar-refractivity contribution in [3.63, 3.8) is 0 Å². The van der Waals surface area contributed by atoms with Crippen molar-refractivity contribution in [2.45, 2.75) is 19.4 Å². The van der Waals surface area contributed by atoms with Gasteiger partial charge in [0.25, 0.3) is 5.69 Å². The Balaban J connectivity index is 1.67. The average Bonchev–Trinajstić information content (AvgIpc) is 3.03. The first-order valence-electron chi connectivity index (χ1n) is 7.91. The van der Waals surface area contributed by atoms with E-state index in [9.17, 15) is 20.0 Å². The number of hydrogen-bond donors (Lipinski definition) is 1. The number of phenols is 1. The highest BCUT2D eigenvalue weighted by molar-refractivity contribution is 5.95. The van der Waals surface area contributed by atoms with Crippen LogP contribution in [0, 0.1) is 10.1 Å². The number of non-ortho nitro benzene ring substituents is 1. The summed E-state index contributed by atoms with van der Waals surface area (Å²) < 4.78 is 0. The quantitative estimate of drug-likeness (QED) is 0.514. The van der Waals surface area contributed by atoms with Gasteiger partial charge in [0.1, 0.15) is 5.75 Å². The van der Waals surface area contributed by atoms with E-state index in [-0.39, 0.29) is 17.3 Å². The van der Waals surface area contributed by atoms with E-state index in [0.29, 0.717) is 18.5 Å². The van der Waals surface area contributed by atoms with Crippen molar-refractivity contribution < 1.29 is 14.8 Å². The molecular weight excluding hydrogens is 322 g/mol. The highest BCUT2D eigenvalue weighted by Crippen LogP contribution is 2.23. The summed E-state index contributed by atoms with van der Waals surface area (Å²) in [5.74, 6) is 0.0872. The second kappa shape index (κ2) is 7.12. The lowest BCUT2D eigenvalue weighted by atomic mass is 10.2. The maximum absolute atomic E-state index is 11.7. The fourth-order valence-corrected chi connectivity index (χ4v) is 2.71. The van der Waals surface area contributed by atoms with E-state index in [4.69, 9.17) is 0 Å². The minimum absolute atomic E-state index is 0.0581. The zero-order valence-electron chi connectivity index (χ0n) is 13.5. The number of anilines is 1. The largest absolute Gasteiger partial charge is 0.507 e. The third-order valence-corrected chi connectivity index (χ3v) is 4.05. The minimum Gasteiger partial charge on any atom is -0.507 e. The summed E-state index contributed by atoms with van der Waals surface area (Å²) in [4.78, 5) is 28.0. The van der Waals surface area contributed by atoms with Gasteiger partial charge in [-0.3, -0.25) is 19.9 Å². The van der Waals surface area contributed by atoms with Gasteiger partial charge in [-0.1, -0.05) is 12.1 Å². The molecule has 0 radical (unpaired) electrons. The molecule has 1 N–H and O–H groups in total. The SMILES string of the molecule is O=C1CCCN1c1ccc(CN=Cc2cc([N+](=O)[O-])ccc2O)cc1. The molecule has 1 fully saturated rings. The lowest BCUT2D eigenvalue weighted by Gasteiger charge is -2.15. The van der Waals surface area contributed by atoms with E-state index in [1.54, 1.807) is 4.90 Å². The monoisotopic (exact) mass is 339 g/mol. The molecule has 1 aliphatic heterocycles. The Morgan fingerprint density at radius 2 is 2.00 bits per heavy atom. The van der Waals surface area contributed by atoms with E-state index in [1.165, 1.54) is 24.4 Å². The van der Waals surface area contributed by atoms with Crippen molar-refractivity contribution >= 4 is 23.5 Å². The van der Waals surface area contributed by atoms with E-state index >= 15 is 0 Å². The molecule has 0 bridgehead atoms. The van der Waals surface area contributed by atoms with Crippen LogP contribution in [-0.2, 0) is 11.3 Å². The molecular formula is C18H17N3O4. The molecule has 0 unspecified atom stereocenters. The predicted octanol–water partition coefficient (Wildman–Crippen LogP) is 3.05. The second-order valence-electron chi connectivity index (χ2n) is 5.79. The molecule has 0 spiro atoms. The number of nitrogens with zero attached hydrogens (tertiary/aromatic N) is 3. The number of benzene rings is 2. The number of phenolic OH excluding ortho intramolecular Hbond substituents is 1. The number of carbonyl (C=O) groups excluding carboxylic acids is 1. The smallest absolute Gasteiger partial charge is 0.270 e. The van der Waals surface area contributed by atoms with Crippen LogP contribution < -0.4 is 4.90 Å². The van der Waals surface area contributed by atoms with Crippen LogP contribution in [0.25, 0.3) is 0 Å². The molecule has 3 rings (SSSR count). The Kier molecular flexibility index (Phi) is 4.74. The van der Waals surface area contributed by atoms with Crippen LogP contribution in [0.2, 0.25) is 0 Å². The van der Waals surface area contributed by atoms with Gasteiger partial charge in [0, 0.05) is 42.6 Å². The summed E-state index contributed by atoms with van der Waals surface area (Å²) in [6, 6.07) is 11.4. The third-order valence-electron chi connectivity index (χ3n) is 4.05. The van der Waals surface area contributed by atoms with Crippen molar-refractivity contribution in [2.24, 2.45) is 4.99 Å². The Labute approximate surface area is 144 Å². The maximum atomic E-state index is 11.7. The number of hydrogen-bond acceptors (Lipinski definition) is 5. The lowest BCUT2D eigenvalue weighted by molar-refractivity contribution is -0.384. The van der Waals surface area contributed by atoms with Crippen molar-refractivity contribution in [3.8, 4) is 5.75 Å². The van der Waals surface area contributed by atoms with Gasteiger partial charge in [0.2, 0.25) is 5.91 Å². The van der Waals surface area contributed by atoms with Crippen LogP contribution in [0.15, 0.2) is 47.5 Å². The van der Waals surface area contributed by atoms with Crippen LogP contribution in [0.1, 0.15) is 24.0 Å². The number of aromatic hydroxyl groups is 1. The standard InChI is InChI=1S/C18H17N3O4/c22-17-8-7-16(21(24)25)10-14(17)12-19-11-13-3-5-15(6-4-13)20-9-1-2-18(20)23/h3-8,10,12,22H,1-2,9,11H2. The molecule has 1 heterocycles. The predicted molar refractivity (Wildman–Crippen MR) is 94.1 cm³/mol. The topological polar surface area (TPSA) is 96.0 Å². The first-order valence-corrected chi connectivity index (χ1v) is 7.91. The van der Waals surface area contributed by atoms with Crippen LogP contribution in [0.3, 0.4) is 0 Å². The average molecular weight is 339 g/mol. The van der Waals surface area contributed by atoms with Crippen molar-refractivity contribution in [3.05, 3.63) is 63.7 Å². The molecule has 2 aromatic carbocycles. The van der Waals surface area contributed by atoms with E-state index in [1.807, 2.05) is 24.3 Å². The molecule has 2 aromatic rings. The Hall–Kier alpha value is -3.22. The van der Waals surface area contributed by atoms with E-state index in [0.717, 1.165) is 24.2 Å². The molecule has 25 heavy (non-hydrogen) atoms. The van der Waals surface area contributed by atoms with Crippen LogP contribution >= 0.6 is 0 Å². The van der Waals surface area contributed by atoms with Crippen LogP contribution in [0.4, 0.5) is 11.4 Å². The molecule has 128 valence electrons. The molecule has 1 saturated heterocycles. The molecule has 0 atom stereocenters. The zero-order chi connectivity index (χ0) is 17.8. The summed E-state index contributed by atoms with van der Waals surface area (Å²) in [5, 5.41) is 20.5. The molecule has 0 aliphatic carbocycles. The van der Waals surface area contributed by atoms with Crippen LogP contribution in [-0.4, -0.2) is 28.7 Å². The van der Waals surface area contributed by atoms with Gasteiger partial charge >= 0.3 is 0 Å². The fourth-order valence-electron chi connectivity index (χ4n) is 2.71. The molecule has 7 heteroatoms.